The van der Waals surface area contributed by atoms with E-state index in [-0.39, 0.29) is 11.9 Å². The largest absolute Gasteiger partial charge is 0.493 e. The maximum absolute atomic E-state index is 12.8. The number of para-hydroxylation sites is 3. The summed E-state index contributed by atoms with van der Waals surface area (Å²) in [6, 6.07) is 22.1. The van der Waals surface area contributed by atoms with E-state index in [2.05, 4.69) is 10.6 Å². The van der Waals surface area contributed by atoms with Crippen molar-refractivity contribution in [1.82, 2.24) is 5.32 Å². The Morgan fingerprint density at radius 3 is 2.16 bits per heavy atom. The zero-order valence-electron chi connectivity index (χ0n) is 18.1. The average molecular weight is 428 g/mol. The van der Waals surface area contributed by atoms with Gasteiger partial charge >= 0.3 is 6.03 Å². The molecule has 0 radical (unpaired) electrons. The van der Waals surface area contributed by atoms with Crippen LogP contribution in [0.5, 0.6) is 11.5 Å². The molecule has 0 fully saturated rings. The van der Waals surface area contributed by atoms with E-state index in [0.717, 1.165) is 17.0 Å². The smallest absolute Gasteiger partial charge is 0.324 e. The zero-order valence-corrected chi connectivity index (χ0v) is 18.1. The van der Waals surface area contributed by atoms with E-state index in [1.807, 2.05) is 79.7 Å². The predicted molar refractivity (Wildman–Crippen MR) is 127 cm³/mol. The van der Waals surface area contributed by atoms with Crippen molar-refractivity contribution in [1.29, 1.82) is 0 Å². The molecule has 0 bridgehead atoms. The lowest BCUT2D eigenvalue weighted by Gasteiger charge is -2.21. The number of carbonyl (C=O) groups excluding carboxylic acids is 1. The number of hydrogen-bond donors (Lipinski definition) is 2. The Labute approximate surface area is 186 Å². The molecule has 2 N–H and O–H groups in total. The lowest BCUT2D eigenvalue weighted by molar-refractivity contribution is 0.256. The molecule has 4 rings (SSSR count). The van der Waals surface area contributed by atoms with Gasteiger partial charge in [0.25, 0.3) is 0 Å². The number of benzene rings is 3. The number of nitrogens with zero attached hydrogens (tertiary/aromatic N) is 2. The number of urea groups is 1. The minimum atomic E-state index is -0.385. The topological polar surface area (TPSA) is 84.3 Å². The highest BCUT2D eigenvalue weighted by molar-refractivity contribution is 6.18. The number of hydrogen-bond acceptors (Lipinski definition) is 5. The van der Waals surface area contributed by atoms with Crippen LogP contribution in [0.25, 0.3) is 0 Å². The molecule has 1 aliphatic rings. The van der Waals surface area contributed by atoms with Crippen LogP contribution < -0.4 is 20.1 Å². The predicted octanol–water partition coefficient (Wildman–Crippen LogP) is 5.45. The third kappa shape index (κ3) is 4.46. The van der Waals surface area contributed by atoms with Gasteiger partial charge in [0.1, 0.15) is 5.84 Å². The number of aliphatic imine (C=N–C) groups is 2. The third-order valence-corrected chi connectivity index (χ3v) is 5.12. The van der Waals surface area contributed by atoms with Crippen LogP contribution >= 0.6 is 0 Å². The molecule has 7 nitrogen and oxygen atoms in total. The molecule has 32 heavy (non-hydrogen) atoms. The fourth-order valence-corrected chi connectivity index (χ4v) is 3.63. The summed E-state index contributed by atoms with van der Waals surface area (Å²) in [6.07, 6.45) is 0. The molecule has 7 heteroatoms. The molecule has 162 valence electrons. The minimum absolute atomic E-state index is 0.382. The molecular formula is C25H24N4O3. The fraction of sp³-hybridized carbons (Fsp3) is 0.160. The van der Waals surface area contributed by atoms with Crippen LogP contribution in [0.1, 0.15) is 18.4 Å². The van der Waals surface area contributed by atoms with Crippen LogP contribution in [0.3, 0.4) is 0 Å². The molecule has 0 spiro atoms. The first-order valence-electron chi connectivity index (χ1n) is 10.2. The van der Waals surface area contributed by atoms with Crippen molar-refractivity contribution in [3.05, 3.63) is 78.4 Å². The molecule has 1 aliphatic heterocycles. The van der Waals surface area contributed by atoms with E-state index in [9.17, 15) is 4.79 Å². The van der Waals surface area contributed by atoms with Crippen molar-refractivity contribution >= 4 is 34.6 Å². The lowest BCUT2D eigenvalue weighted by atomic mass is 9.93. The van der Waals surface area contributed by atoms with Gasteiger partial charge in [-0.05, 0) is 48.9 Å². The molecule has 0 unspecified atom stereocenters. The van der Waals surface area contributed by atoms with Gasteiger partial charge in [0.15, 0.2) is 11.5 Å². The Morgan fingerprint density at radius 1 is 0.812 bits per heavy atom. The molecule has 0 aromatic heterocycles. The fourth-order valence-electron chi connectivity index (χ4n) is 3.63. The van der Waals surface area contributed by atoms with Crippen LogP contribution in [-0.2, 0) is 0 Å². The third-order valence-electron chi connectivity index (χ3n) is 5.12. The first kappa shape index (κ1) is 21.1. The number of anilines is 1. The van der Waals surface area contributed by atoms with E-state index in [1.165, 1.54) is 0 Å². The second-order valence-electron chi connectivity index (χ2n) is 7.23. The summed E-state index contributed by atoms with van der Waals surface area (Å²) in [4.78, 5) is 22.4. The molecule has 0 aliphatic carbocycles. The zero-order chi connectivity index (χ0) is 22.5. The summed E-state index contributed by atoms with van der Waals surface area (Å²) in [6.45, 7) is 1.93. The molecule has 1 atom stereocenters. The highest BCUT2D eigenvalue weighted by atomic mass is 16.5. The average Bonchev–Trinajstić information content (AvgIpc) is 2.94. The number of amidine groups is 1. The number of ether oxygens (including phenoxy) is 2. The maximum Gasteiger partial charge on any atom is 0.324 e. The van der Waals surface area contributed by atoms with Crippen LogP contribution in [0.15, 0.2) is 82.8 Å². The number of nitrogens with one attached hydrogen (secondary N) is 2. The maximum atomic E-state index is 12.8. The van der Waals surface area contributed by atoms with E-state index < -0.39 is 0 Å². The van der Waals surface area contributed by atoms with E-state index >= 15 is 0 Å². The molecule has 0 saturated carbocycles. The van der Waals surface area contributed by atoms with Crippen LogP contribution in [0.4, 0.5) is 21.9 Å². The number of amides is 2. The van der Waals surface area contributed by atoms with Gasteiger partial charge in [0.05, 0.1) is 31.5 Å². The summed E-state index contributed by atoms with van der Waals surface area (Å²) >= 11 is 0. The summed E-state index contributed by atoms with van der Waals surface area (Å²) in [5.74, 6) is 1.30. The minimum Gasteiger partial charge on any atom is -0.493 e. The standard InChI is InChI=1S/C25H24N4O3/c1-16-23(17-13-14-21(31-2)22(15-17)32-3)24(28-20-12-8-7-11-19(20)26-16)29-25(30)27-18-9-5-4-6-10-18/h4-15,23H,1-3H3,(H2,27,28,29,30)/t23-/m1/s1. The number of rotatable bonds is 4. The Morgan fingerprint density at radius 2 is 1.47 bits per heavy atom. The first-order chi connectivity index (χ1) is 15.6. The molecule has 0 saturated heterocycles. The van der Waals surface area contributed by atoms with Gasteiger partial charge in [-0.1, -0.05) is 36.4 Å². The second-order valence-corrected chi connectivity index (χ2v) is 7.23. The van der Waals surface area contributed by atoms with Gasteiger partial charge in [-0.15, -0.1) is 0 Å². The van der Waals surface area contributed by atoms with Gasteiger partial charge in [-0.25, -0.2) is 9.79 Å². The van der Waals surface area contributed by atoms with E-state index in [4.69, 9.17) is 19.5 Å². The van der Waals surface area contributed by atoms with Gasteiger partial charge in [-0.2, -0.15) is 0 Å². The van der Waals surface area contributed by atoms with Crippen LogP contribution in [0, 0.1) is 0 Å². The van der Waals surface area contributed by atoms with Crippen molar-refractivity contribution in [2.45, 2.75) is 12.8 Å². The van der Waals surface area contributed by atoms with Gasteiger partial charge in [0.2, 0.25) is 0 Å². The van der Waals surface area contributed by atoms with Gasteiger partial charge in [-0.3, -0.25) is 10.3 Å². The Kier molecular flexibility index (Phi) is 6.17. The Hall–Kier alpha value is -4.13. The molecule has 3 aromatic carbocycles. The van der Waals surface area contributed by atoms with Crippen molar-refractivity contribution in [3.8, 4) is 11.5 Å². The molecular weight excluding hydrogens is 404 g/mol. The Balaban J connectivity index is 1.75. The van der Waals surface area contributed by atoms with Gasteiger partial charge < -0.3 is 14.8 Å². The van der Waals surface area contributed by atoms with Crippen LogP contribution in [-0.4, -0.2) is 31.8 Å². The van der Waals surface area contributed by atoms with Crippen LogP contribution in [0.2, 0.25) is 0 Å². The SMILES string of the molecule is COc1ccc([C@H]2C(C)=Nc3ccccc3N=C2NC(=O)Nc2ccccc2)cc1OC. The summed E-state index contributed by atoms with van der Waals surface area (Å²) in [7, 11) is 3.18. The summed E-state index contributed by atoms with van der Waals surface area (Å²) in [5, 5.41) is 5.79. The number of carbonyl (C=O) groups is 1. The molecule has 1 heterocycles. The highest BCUT2D eigenvalue weighted by Gasteiger charge is 2.27. The van der Waals surface area contributed by atoms with E-state index in [0.29, 0.717) is 28.7 Å². The highest BCUT2D eigenvalue weighted by Crippen LogP contribution is 2.36. The summed E-state index contributed by atoms with van der Waals surface area (Å²) < 4.78 is 10.9. The first-order valence-corrected chi connectivity index (χ1v) is 10.2. The van der Waals surface area contributed by atoms with Crippen molar-refractivity contribution in [2.24, 2.45) is 9.98 Å². The van der Waals surface area contributed by atoms with Crippen molar-refractivity contribution in [3.63, 3.8) is 0 Å². The van der Waals surface area contributed by atoms with E-state index in [1.54, 1.807) is 14.2 Å². The molecule has 2 amide bonds. The quantitative estimate of drug-likeness (QED) is 0.580. The summed E-state index contributed by atoms with van der Waals surface area (Å²) in [5.41, 5.74) is 3.78. The number of methoxy groups -OCH3 is 2. The monoisotopic (exact) mass is 428 g/mol. The van der Waals surface area contributed by atoms with Gasteiger partial charge in [0, 0.05) is 11.4 Å². The van der Waals surface area contributed by atoms with Crippen molar-refractivity contribution < 1.29 is 14.3 Å². The molecule has 3 aromatic rings. The Bertz CT molecular complexity index is 1190. The second kappa shape index (κ2) is 9.34. The van der Waals surface area contributed by atoms with Crippen molar-refractivity contribution in [2.75, 3.05) is 19.5 Å². The lowest BCUT2D eigenvalue weighted by Crippen LogP contribution is -2.39. The number of fused-ring (bicyclic) bond motifs is 1. The normalized spacial score (nSPS) is 14.9.